The van der Waals surface area contributed by atoms with Crippen molar-refractivity contribution in [1.82, 2.24) is 20.4 Å². The van der Waals surface area contributed by atoms with E-state index in [1.807, 2.05) is 66.9 Å². The van der Waals surface area contributed by atoms with Crippen LogP contribution in [0.3, 0.4) is 0 Å². The van der Waals surface area contributed by atoms with Crippen LogP contribution in [-0.2, 0) is 6.42 Å². The van der Waals surface area contributed by atoms with Crippen LogP contribution in [0.15, 0.2) is 82.3 Å². The third kappa shape index (κ3) is 4.32. The fraction of sp³-hybridized carbons (Fsp3) is 0.192. The Morgan fingerprint density at radius 1 is 1.12 bits per heavy atom. The molecule has 1 aliphatic heterocycles. The van der Waals surface area contributed by atoms with E-state index < -0.39 is 6.04 Å². The van der Waals surface area contributed by atoms with Crippen molar-refractivity contribution in [2.45, 2.75) is 19.4 Å². The molecule has 3 heterocycles. The molecule has 7 nitrogen and oxygen atoms in total. The summed E-state index contributed by atoms with van der Waals surface area (Å²) < 4.78 is 11.1. The Bertz CT molecular complexity index is 1310. The number of allylic oxidation sites excluding steroid dienone is 1. The zero-order valence-corrected chi connectivity index (χ0v) is 19.7. The molecule has 1 unspecified atom stereocenters. The van der Waals surface area contributed by atoms with E-state index in [-0.39, 0.29) is 6.03 Å². The monoisotopic (exact) mass is 472 g/mol. The van der Waals surface area contributed by atoms with Crippen LogP contribution in [0.5, 0.6) is 5.75 Å². The lowest BCUT2D eigenvalue weighted by Gasteiger charge is -2.35. The number of urea groups is 1. The SMILES string of the molecule is COc1cccc(C2NC(=O)N(CCc3ccccc3)C(C)=C2c2nc(-c3cccs3)no2)c1. The molecule has 4 aromatic rings. The number of nitrogens with one attached hydrogen (secondary N) is 1. The van der Waals surface area contributed by atoms with Crippen LogP contribution >= 0.6 is 11.3 Å². The lowest BCUT2D eigenvalue weighted by molar-refractivity contribution is 0.205. The molecular formula is C26H24N4O3S. The minimum Gasteiger partial charge on any atom is -0.497 e. The zero-order valence-electron chi connectivity index (χ0n) is 18.9. The van der Waals surface area contributed by atoms with Crippen LogP contribution in [0.1, 0.15) is 30.0 Å². The molecule has 2 amide bonds. The maximum absolute atomic E-state index is 13.2. The molecule has 1 atom stereocenters. The average molecular weight is 473 g/mol. The highest BCUT2D eigenvalue weighted by Crippen LogP contribution is 2.38. The maximum Gasteiger partial charge on any atom is 0.322 e. The van der Waals surface area contributed by atoms with Crippen LogP contribution in [0, 0.1) is 0 Å². The summed E-state index contributed by atoms with van der Waals surface area (Å²) in [5.74, 6) is 1.63. The van der Waals surface area contributed by atoms with E-state index in [2.05, 4.69) is 27.6 Å². The zero-order chi connectivity index (χ0) is 23.5. The van der Waals surface area contributed by atoms with Crippen molar-refractivity contribution in [2.24, 2.45) is 0 Å². The highest BCUT2D eigenvalue weighted by Gasteiger charge is 2.35. The number of ether oxygens (including phenoxy) is 1. The third-order valence-corrected chi connectivity index (χ3v) is 6.75. The first kappa shape index (κ1) is 21.9. The second-order valence-corrected chi connectivity index (χ2v) is 8.89. The summed E-state index contributed by atoms with van der Waals surface area (Å²) in [7, 11) is 1.62. The molecule has 0 spiro atoms. The number of rotatable bonds is 7. The van der Waals surface area contributed by atoms with Gasteiger partial charge in [-0.3, -0.25) is 4.90 Å². The molecule has 2 aromatic carbocycles. The molecule has 0 radical (unpaired) electrons. The van der Waals surface area contributed by atoms with E-state index in [9.17, 15) is 4.79 Å². The number of carbonyl (C=O) groups excluding carboxylic acids is 1. The van der Waals surface area contributed by atoms with Gasteiger partial charge in [0.05, 0.1) is 23.6 Å². The number of methoxy groups -OCH3 is 1. The Hall–Kier alpha value is -3.91. The Morgan fingerprint density at radius 2 is 1.97 bits per heavy atom. The van der Waals surface area contributed by atoms with Crippen LogP contribution < -0.4 is 10.1 Å². The molecule has 0 saturated heterocycles. The topological polar surface area (TPSA) is 80.5 Å². The molecule has 1 N–H and O–H groups in total. The van der Waals surface area contributed by atoms with Crippen LogP contribution in [-0.4, -0.2) is 34.7 Å². The average Bonchev–Trinajstić information content (AvgIpc) is 3.57. The van der Waals surface area contributed by atoms with Crippen molar-refractivity contribution < 1.29 is 14.1 Å². The van der Waals surface area contributed by atoms with Crippen molar-refractivity contribution in [2.75, 3.05) is 13.7 Å². The molecular weight excluding hydrogens is 448 g/mol. The Kier molecular flexibility index (Phi) is 6.14. The second-order valence-electron chi connectivity index (χ2n) is 7.95. The standard InChI is InChI=1S/C26H24N4O3S/c1-17-22(25-28-24(29-33-25)21-12-7-15-34-21)23(19-10-6-11-20(16-19)32-2)27-26(31)30(17)14-13-18-8-4-3-5-9-18/h3-12,15-16,23H,13-14H2,1-2H3,(H,27,31). The minimum atomic E-state index is -0.452. The molecule has 1 aliphatic rings. The third-order valence-electron chi connectivity index (χ3n) is 5.89. The first-order valence-electron chi connectivity index (χ1n) is 11.0. The van der Waals surface area contributed by atoms with E-state index >= 15 is 0 Å². The van der Waals surface area contributed by atoms with Gasteiger partial charge < -0.3 is 14.6 Å². The van der Waals surface area contributed by atoms with E-state index in [4.69, 9.17) is 9.26 Å². The van der Waals surface area contributed by atoms with Gasteiger partial charge >= 0.3 is 6.03 Å². The summed E-state index contributed by atoms with van der Waals surface area (Å²) in [5.41, 5.74) is 3.60. The lowest BCUT2D eigenvalue weighted by atomic mass is 9.94. The number of hydrogen-bond donors (Lipinski definition) is 1. The fourth-order valence-electron chi connectivity index (χ4n) is 4.12. The molecule has 172 valence electrons. The predicted molar refractivity (Wildman–Crippen MR) is 131 cm³/mol. The quantitative estimate of drug-likeness (QED) is 0.382. The van der Waals surface area contributed by atoms with Gasteiger partial charge in [0.15, 0.2) is 0 Å². The summed E-state index contributed by atoms with van der Waals surface area (Å²) in [6.07, 6.45) is 0.729. The lowest BCUT2D eigenvalue weighted by Crippen LogP contribution is -2.46. The molecule has 34 heavy (non-hydrogen) atoms. The van der Waals surface area contributed by atoms with Crippen LogP contribution in [0.2, 0.25) is 0 Å². The smallest absolute Gasteiger partial charge is 0.322 e. The van der Waals surface area contributed by atoms with E-state index in [1.165, 1.54) is 0 Å². The van der Waals surface area contributed by atoms with Gasteiger partial charge in [0.1, 0.15) is 5.75 Å². The highest BCUT2D eigenvalue weighted by molar-refractivity contribution is 7.13. The molecule has 0 aliphatic carbocycles. The minimum absolute atomic E-state index is 0.164. The van der Waals surface area contributed by atoms with Crippen molar-refractivity contribution >= 4 is 22.9 Å². The van der Waals surface area contributed by atoms with Gasteiger partial charge in [-0.05, 0) is 48.1 Å². The van der Waals surface area contributed by atoms with Crippen molar-refractivity contribution in [3.05, 3.63) is 94.8 Å². The summed E-state index contributed by atoms with van der Waals surface area (Å²) in [4.78, 5) is 20.6. The van der Waals surface area contributed by atoms with Crippen LogP contribution in [0.4, 0.5) is 4.79 Å². The summed E-state index contributed by atoms with van der Waals surface area (Å²) in [6.45, 7) is 2.46. The first-order valence-corrected chi connectivity index (χ1v) is 11.9. The van der Waals surface area contributed by atoms with Gasteiger partial charge in [-0.2, -0.15) is 4.98 Å². The number of thiophene rings is 1. The van der Waals surface area contributed by atoms with Crippen molar-refractivity contribution in [1.29, 1.82) is 0 Å². The van der Waals surface area contributed by atoms with Crippen LogP contribution in [0.25, 0.3) is 16.3 Å². The molecule has 0 fully saturated rings. The fourth-order valence-corrected chi connectivity index (χ4v) is 4.77. The number of hydrogen-bond acceptors (Lipinski definition) is 6. The highest BCUT2D eigenvalue weighted by atomic mass is 32.1. The molecule has 8 heteroatoms. The normalized spacial score (nSPS) is 16.0. The largest absolute Gasteiger partial charge is 0.497 e. The Labute approximate surface area is 201 Å². The first-order chi connectivity index (χ1) is 16.6. The number of amides is 2. The number of aromatic nitrogens is 2. The van der Waals surface area contributed by atoms with Crippen molar-refractivity contribution in [3.8, 4) is 16.5 Å². The predicted octanol–water partition coefficient (Wildman–Crippen LogP) is 5.55. The Morgan fingerprint density at radius 3 is 2.74 bits per heavy atom. The summed E-state index contributed by atoms with van der Waals surface area (Å²) >= 11 is 1.55. The van der Waals surface area contributed by atoms with E-state index in [1.54, 1.807) is 23.3 Å². The molecule has 2 aromatic heterocycles. The molecule has 5 rings (SSSR count). The van der Waals surface area contributed by atoms with E-state index in [0.717, 1.165) is 33.7 Å². The van der Waals surface area contributed by atoms with Gasteiger partial charge in [0.25, 0.3) is 5.89 Å². The molecule has 0 saturated carbocycles. The van der Waals surface area contributed by atoms with Gasteiger partial charge in [0.2, 0.25) is 5.82 Å². The summed E-state index contributed by atoms with van der Waals surface area (Å²) in [5, 5.41) is 9.32. The molecule has 0 bridgehead atoms. The van der Waals surface area contributed by atoms with Gasteiger partial charge in [-0.1, -0.05) is 53.7 Å². The number of carbonyl (C=O) groups is 1. The summed E-state index contributed by atoms with van der Waals surface area (Å²) in [6, 6.07) is 21.0. The second kappa shape index (κ2) is 9.52. The maximum atomic E-state index is 13.2. The Balaban J connectivity index is 1.55. The van der Waals surface area contributed by atoms with Crippen molar-refractivity contribution in [3.63, 3.8) is 0 Å². The van der Waals surface area contributed by atoms with Gasteiger partial charge in [-0.25, -0.2) is 4.79 Å². The van der Waals surface area contributed by atoms with Gasteiger partial charge in [0, 0.05) is 12.2 Å². The van der Waals surface area contributed by atoms with E-state index in [0.29, 0.717) is 24.0 Å². The van der Waals surface area contributed by atoms with Gasteiger partial charge in [-0.15, -0.1) is 11.3 Å². The number of benzene rings is 2. The number of nitrogens with zero attached hydrogens (tertiary/aromatic N) is 3.